The van der Waals surface area contributed by atoms with Gasteiger partial charge in [0, 0.05) is 13.3 Å². The maximum absolute atomic E-state index is 12.0. The van der Waals surface area contributed by atoms with Crippen LogP contribution in [0.3, 0.4) is 0 Å². The minimum atomic E-state index is -4.70. The number of carbonyl (C=O) groups is 2. The number of hydrogen-bond donors (Lipinski definition) is 2. The SMILES string of the molecule is CCCCCCCCC/C=C\CCCCCCCCCC(=O)OC(COC(C)=O)COP(=O)(O)O. The van der Waals surface area contributed by atoms with Gasteiger partial charge in [0.1, 0.15) is 6.61 Å². The van der Waals surface area contributed by atoms with Crippen LogP contribution < -0.4 is 0 Å². The van der Waals surface area contributed by atoms with Crippen molar-refractivity contribution in [3.63, 3.8) is 0 Å². The third-order valence-corrected chi connectivity index (χ3v) is 6.08. The molecule has 2 N–H and O–H groups in total. The zero-order chi connectivity index (χ0) is 26.2. The summed E-state index contributed by atoms with van der Waals surface area (Å²) >= 11 is 0. The van der Waals surface area contributed by atoms with Crippen LogP contribution in [-0.4, -0.2) is 41.0 Å². The van der Waals surface area contributed by atoms with Gasteiger partial charge in [0.05, 0.1) is 6.61 Å². The van der Waals surface area contributed by atoms with Gasteiger partial charge in [0.2, 0.25) is 0 Å². The second kappa shape index (κ2) is 23.2. The van der Waals surface area contributed by atoms with Crippen LogP contribution in [0.1, 0.15) is 123 Å². The topological polar surface area (TPSA) is 119 Å². The van der Waals surface area contributed by atoms with Gasteiger partial charge in [-0.15, -0.1) is 0 Å². The van der Waals surface area contributed by atoms with Crippen LogP contribution in [-0.2, 0) is 28.2 Å². The smallest absolute Gasteiger partial charge is 0.462 e. The summed E-state index contributed by atoms with van der Waals surface area (Å²) in [5, 5.41) is 0. The lowest BCUT2D eigenvalue weighted by atomic mass is 10.1. The Bertz CT molecular complexity index is 602. The Hall–Kier alpha value is -1.21. The molecule has 0 aromatic carbocycles. The standard InChI is InChI=1S/C26H49O8P/c1-3-4-5-6-7-8-9-10-11-12-13-14-15-16-17-18-19-20-21-26(28)34-25(22-32-24(2)27)23-33-35(29,30)31/h11-12,25H,3-10,13-23H2,1-2H3,(H2,29,30,31)/b12-11-. The highest BCUT2D eigenvalue weighted by molar-refractivity contribution is 7.46. The van der Waals surface area contributed by atoms with Crippen LogP contribution in [0.2, 0.25) is 0 Å². The summed E-state index contributed by atoms with van der Waals surface area (Å²) in [7, 11) is -4.70. The summed E-state index contributed by atoms with van der Waals surface area (Å²) in [6.07, 6.45) is 23.1. The summed E-state index contributed by atoms with van der Waals surface area (Å²) in [5.74, 6) is -1.08. The second-order valence-corrected chi connectivity index (χ2v) is 10.3. The maximum Gasteiger partial charge on any atom is 0.469 e. The molecule has 0 rings (SSSR count). The molecule has 0 spiro atoms. The fraction of sp³-hybridized carbons (Fsp3) is 0.846. The van der Waals surface area contributed by atoms with E-state index in [9.17, 15) is 14.2 Å². The molecule has 0 fully saturated rings. The molecule has 0 aliphatic heterocycles. The summed E-state index contributed by atoms with van der Waals surface area (Å²) in [6.45, 7) is 2.59. The quantitative estimate of drug-likeness (QED) is 0.0619. The van der Waals surface area contributed by atoms with E-state index in [1.807, 2.05) is 0 Å². The van der Waals surface area contributed by atoms with Crippen molar-refractivity contribution in [2.24, 2.45) is 0 Å². The fourth-order valence-electron chi connectivity index (χ4n) is 3.62. The average Bonchev–Trinajstić information content (AvgIpc) is 2.79. The van der Waals surface area contributed by atoms with Crippen LogP contribution in [0.5, 0.6) is 0 Å². The first-order valence-electron chi connectivity index (χ1n) is 13.4. The Morgan fingerprint density at radius 1 is 0.771 bits per heavy atom. The minimum Gasteiger partial charge on any atom is -0.462 e. The van der Waals surface area contributed by atoms with Crippen molar-refractivity contribution < 1.29 is 37.9 Å². The normalized spacial score (nSPS) is 12.7. The van der Waals surface area contributed by atoms with Crippen LogP contribution in [0.15, 0.2) is 12.2 Å². The average molecular weight is 521 g/mol. The number of rotatable bonds is 24. The maximum atomic E-state index is 12.0. The van der Waals surface area contributed by atoms with Gasteiger partial charge in [-0.1, -0.05) is 89.7 Å². The van der Waals surface area contributed by atoms with Crippen LogP contribution in [0, 0.1) is 0 Å². The zero-order valence-corrected chi connectivity index (χ0v) is 22.9. The number of esters is 2. The van der Waals surface area contributed by atoms with Gasteiger partial charge in [0.25, 0.3) is 0 Å². The van der Waals surface area contributed by atoms with E-state index in [-0.39, 0.29) is 13.0 Å². The van der Waals surface area contributed by atoms with Crippen molar-refractivity contribution in [3.8, 4) is 0 Å². The van der Waals surface area contributed by atoms with E-state index in [4.69, 9.17) is 19.3 Å². The van der Waals surface area contributed by atoms with Crippen molar-refractivity contribution in [1.82, 2.24) is 0 Å². The molecule has 35 heavy (non-hydrogen) atoms. The first-order chi connectivity index (χ1) is 16.7. The molecular formula is C26H49O8P. The van der Waals surface area contributed by atoms with Crippen molar-refractivity contribution in [3.05, 3.63) is 12.2 Å². The van der Waals surface area contributed by atoms with E-state index in [1.54, 1.807) is 0 Å². The zero-order valence-electron chi connectivity index (χ0n) is 22.0. The van der Waals surface area contributed by atoms with Crippen molar-refractivity contribution in [2.45, 2.75) is 129 Å². The highest BCUT2D eigenvalue weighted by Gasteiger charge is 2.22. The molecule has 0 saturated carbocycles. The van der Waals surface area contributed by atoms with Gasteiger partial charge >= 0.3 is 19.8 Å². The van der Waals surface area contributed by atoms with Crippen molar-refractivity contribution in [1.29, 1.82) is 0 Å². The Morgan fingerprint density at radius 2 is 1.26 bits per heavy atom. The van der Waals surface area contributed by atoms with Crippen molar-refractivity contribution >= 4 is 19.8 Å². The number of ether oxygens (including phenoxy) is 2. The van der Waals surface area contributed by atoms with Gasteiger partial charge in [-0.2, -0.15) is 0 Å². The molecule has 0 aromatic heterocycles. The minimum absolute atomic E-state index is 0.204. The lowest BCUT2D eigenvalue weighted by molar-refractivity contribution is -0.160. The molecule has 0 amide bonds. The monoisotopic (exact) mass is 520 g/mol. The summed E-state index contributed by atoms with van der Waals surface area (Å²) in [4.78, 5) is 40.5. The summed E-state index contributed by atoms with van der Waals surface area (Å²) in [5.41, 5.74) is 0. The van der Waals surface area contributed by atoms with E-state index >= 15 is 0 Å². The first kappa shape index (κ1) is 33.8. The molecule has 8 nitrogen and oxygen atoms in total. The highest BCUT2D eigenvalue weighted by atomic mass is 31.2. The van der Waals surface area contributed by atoms with E-state index in [1.165, 1.54) is 77.6 Å². The largest absolute Gasteiger partial charge is 0.469 e. The molecule has 0 aliphatic carbocycles. The van der Waals surface area contributed by atoms with E-state index in [0.29, 0.717) is 6.42 Å². The van der Waals surface area contributed by atoms with E-state index < -0.39 is 32.5 Å². The molecule has 1 unspecified atom stereocenters. The number of allylic oxidation sites excluding steroid dienone is 2. The number of phosphoric ester groups is 1. The predicted octanol–water partition coefficient (Wildman–Crippen LogP) is 6.78. The third-order valence-electron chi connectivity index (χ3n) is 5.59. The summed E-state index contributed by atoms with van der Waals surface area (Å²) < 4.78 is 25.1. The molecule has 9 heteroatoms. The lowest BCUT2D eigenvalue weighted by Gasteiger charge is -2.18. The third kappa shape index (κ3) is 27.2. The number of hydrogen-bond acceptors (Lipinski definition) is 6. The van der Waals surface area contributed by atoms with E-state index in [2.05, 4.69) is 23.6 Å². The van der Waals surface area contributed by atoms with Gasteiger partial charge in [0.15, 0.2) is 6.10 Å². The van der Waals surface area contributed by atoms with Crippen LogP contribution >= 0.6 is 7.82 Å². The molecular weight excluding hydrogens is 471 g/mol. The fourth-order valence-corrected chi connectivity index (χ4v) is 3.98. The molecule has 206 valence electrons. The predicted molar refractivity (Wildman–Crippen MR) is 138 cm³/mol. The Morgan fingerprint density at radius 3 is 1.74 bits per heavy atom. The highest BCUT2D eigenvalue weighted by Crippen LogP contribution is 2.35. The molecule has 1 atom stereocenters. The Kier molecular flexibility index (Phi) is 22.4. The van der Waals surface area contributed by atoms with Gasteiger partial charge in [-0.25, -0.2) is 4.57 Å². The van der Waals surface area contributed by atoms with Gasteiger partial charge in [-0.3, -0.25) is 14.1 Å². The number of phosphoric acid groups is 1. The van der Waals surface area contributed by atoms with Crippen LogP contribution in [0.4, 0.5) is 0 Å². The van der Waals surface area contributed by atoms with Crippen molar-refractivity contribution in [2.75, 3.05) is 13.2 Å². The second-order valence-electron chi connectivity index (χ2n) is 9.10. The number of unbranched alkanes of at least 4 members (excludes halogenated alkanes) is 14. The molecule has 0 aromatic rings. The van der Waals surface area contributed by atoms with Crippen LogP contribution in [0.25, 0.3) is 0 Å². The Labute approximate surface area is 212 Å². The summed E-state index contributed by atoms with van der Waals surface area (Å²) in [6, 6.07) is 0. The molecule has 0 radical (unpaired) electrons. The van der Waals surface area contributed by atoms with Gasteiger partial charge in [-0.05, 0) is 32.1 Å². The number of carbonyl (C=O) groups excluding carboxylic acids is 2. The lowest BCUT2D eigenvalue weighted by Crippen LogP contribution is -2.29. The molecule has 0 bridgehead atoms. The molecule has 0 heterocycles. The van der Waals surface area contributed by atoms with E-state index in [0.717, 1.165) is 25.7 Å². The first-order valence-corrected chi connectivity index (χ1v) is 15.0. The Balaban J connectivity index is 3.64. The molecule has 0 saturated heterocycles. The van der Waals surface area contributed by atoms with Gasteiger partial charge < -0.3 is 19.3 Å². The molecule has 0 aliphatic rings.